The molecule has 0 saturated heterocycles. The summed E-state index contributed by atoms with van der Waals surface area (Å²) in [6, 6.07) is 23.5. The lowest BCUT2D eigenvalue weighted by Crippen LogP contribution is -2.08. The van der Waals surface area contributed by atoms with Crippen LogP contribution in [0.3, 0.4) is 0 Å². The van der Waals surface area contributed by atoms with Crippen molar-refractivity contribution < 1.29 is 14.3 Å². The van der Waals surface area contributed by atoms with Crippen LogP contribution in [0, 0.1) is 11.3 Å². The van der Waals surface area contributed by atoms with Crippen molar-refractivity contribution in [3.8, 4) is 17.6 Å². The average molecular weight is 434 g/mol. The second-order valence-electron chi connectivity index (χ2n) is 5.84. The molecule has 3 aromatic carbocycles. The highest BCUT2D eigenvalue weighted by atomic mass is 79.9. The van der Waals surface area contributed by atoms with E-state index in [1.54, 1.807) is 61.7 Å². The summed E-state index contributed by atoms with van der Waals surface area (Å²) >= 11 is 3.34. The third-order valence-corrected chi connectivity index (χ3v) is 4.51. The molecule has 0 radical (unpaired) electrons. The number of hydrogen-bond donors (Lipinski definition) is 0. The van der Waals surface area contributed by atoms with Crippen LogP contribution in [-0.2, 0) is 0 Å². The molecule has 0 aliphatic carbocycles. The molecule has 138 valence electrons. The zero-order chi connectivity index (χ0) is 19.9. The second-order valence-corrected chi connectivity index (χ2v) is 6.75. The van der Waals surface area contributed by atoms with E-state index in [-0.39, 0.29) is 0 Å². The average Bonchev–Trinajstić information content (AvgIpc) is 2.72. The lowest BCUT2D eigenvalue weighted by molar-refractivity contribution is 0.0735. The predicted molar refractivity (Wildman–Crippen MR) is 112 cm³/mol. The number of benzene rings is 3. The van der Waals surface area contributed by atoms with Crippen molar-refractivity contribution in [2.75, 3.05) is 7.11 Å². The molecular formula is C23H16BrNO3. The molecule has 0 spiro atoms. The van der Waals surface area contributed by atoms with Crippen molar-refractivity contribution >= 4 is 33.5 Å². The van der Waals surface area contributed by atoms with Gasteiger partial charge in [-0.25, -0.2) is 4.79 Å². The molecule has 0 N–H and O–H groups in total. The zero-order valence-corrected chi connectivity index (χ0v) is 16.6. The van der Waals surface area contributed by atoms with Crippen molar-refractivity contribution in [3.05, 3.63) is 94.0 Å². The van der Waals surface area contributed by atoms with Crippen LogP contribution in [0.4, 0.5) is 0 Å². The first kappa shape index (κ1) is 19.4. The van der Waals surface area contributed by atoms with Crippen molar-refractivity contribution in [1.82, 2.24) is 0 Å². The molecule has 0 saturated carbocycles. The molecule has 0 aliphatic rings. The standard InChI is InChI=1S/C23H16BrNO3/c1-27-22-8-3-2-7-21(22)18(15-25)13-16-5-4-6-20(14-16)28-23(26)17-9-11-19(24)12-10-17/h2-14H,1H3/b18-13-. The molecule has 0 amide bonds. The minimum absolute atomic E-state index is 0.402. The normalized spacial score (nSPS) is 10.8. The summed E-state index contributed by atoms with van der Waals surface area (Å²) in [6.07, 6.45) is 1.73. The van der Waals surface area contributed by atoms with Gasteiger partial charge in [-0.3, -0.25) is 0 Å². The fourth-order valence-electron chi connectivity index (χ4n) is 2.62. The van der Waals surface area contributed by atoms with E-state index < -0.39 is 5.97 Å². The van der Waals surface area contributed by atoms with Crippen molar-refractivity contribution in [2.45, 2.75) is 0 Å². The van der Waals surface area contributed by atoms with Gasteiger partial charge in [0.05, 0.1) is 24.3 Å². The van der Waals surface area contributed by atoms with Gasteiger partial charge >= 0.3 is 5.97 Å². The maximum Gasteiger partial charge on any atom is 0.343 e. The van der Waals surface area contributed by atoms with Gasteiger partial charge in [0.25, 0.3) is 0 Å². The van der Waals surface area contributed by atoms with E-state index in [0.717, 1.165) is 10.0 Å². The molecule has 4 nitrogen and oxygen atoms in total. The van der Waals surface area contributed by atoms with E-state index in [1.807, 2.05) is 24.3 Å². The number of rotatable bonds is 5. The smallest absolute Gasteiger partial charge is 0.343 e. The monoisotopic (exact) mass is 433 g/mol. The lowest BCUT2D eigenvalue weighted by atomic mass is 10.0. The molecule has 3 rings (SSSR count). The van der Waals surface area contributed by atoms with Crippen LogP contribution in [0.2, 0.25) is 0 Å². The molecule has 5 heteroatoms. The van der Waals surface area contributed by atoms with Gasteiger partial charge in [0, 0.05) is 10.0 Å². The summed E-state index contributed by atoms with van der Waals surface area (Å²) in [5.41, 5.74) is 2.35. The van der Waals surface area contributed by atoms with Crippen molar-refractivity contribution in [1.29, 1.82) is 5.26 Å². The Morgan fingerprint density at radius 3 is 2.50 bits per heavy atom. The number of para-hydroxylation sites is 1. The van der Waals surface area contributed by atoms with E-state index in [1.165, 1.54) is 0 Å². The molecular weight excluding hydrogens is 418 g/mol. The highest BCUT2D eigenvalue weighted by molar-refractivity contribution is 9.10. The van der Waals surface area contributed by atoms with Crippen LogP contribution in [0.1, 0.15) is 21.5 Å². The van der Waals surface area contributed by atoms with E-state index in [4.69, 9.17) is 9.47 Å². The predicted octanol–water partition coefficient (Wildman–Crippen LogP) is 5.74. The molecule has 3 aromatic rings. The molecule has 0 unspecified atom stereocenters. The Morgan fingerprint density at radius 2 is 1.79 bits per heavy atom. The Labute approximate surface area is 171 Å². The van der Waals surface area contributed by atoms with Crippen LogP contribution in [-0.4, -0.2) is 13.1 Å². The molecule has 0 aromatic heterocycles. The van der Waals surface area contributed by atoms with Crippen molar-refractivity contribution in [3.63, 3.8) is 0 Å². The van der Waals surface area contributed by atoms with Gasteiger partial charge in [0.1, 0.15) is 11.5 Å². The fraction of sp³-hybridized carbons (Fsp3) is 0.0435. The highest BCUT2D eigenvalue weighted by Crippen LogP contribution is 2.28. The first-order valence-electron chi connectivity index (χ1n) is 8.43. The highest BCUT2D eigenvalue weighted by Gasteiger charge is 2.10. The zero-order valence-electron chi connectivity index (χ0n) is 15.1. The van der Waals surface area contributed by atoms with Gasteiger partial charge in [0.2, 0.25) is 0 Å². The van der Waals surface area contributed by atoms with Gasteiger partial charge in [-0.2, -0.15) is 5.26 Å². The Hall–Kier alpha value is -3.36. The van der Waals surface area contributed by atoms with Gasteiger partial charge in [-0.05, 0) is 60.2 Å². The molecule has 0 atom stereocenters. The largest absolute Gasteiger partial charge is 0.496 e. The van der Waals surface area contributed by atoms with Gasteiger partial charge in [0.15, 0.2) is 0 Å². The number of hydrogen-bond acceptors (Lipinski definition) is 4. The number of nitrogens with zero attached hydrogens (tertiary/aromatic N) is 1. The third kappa shape index (κ3) is 4.67. The lowest BCUT2D eigenvalue weighted by Gasteiger charge is -2.08. The third-order valence-electron chi connectivity index (χ3n) is 3.98. The SMILES string of the molecule is COc1ccccc1/C(C#N)=C\c1cccc(OC(=O)c2ccc(Br)cc2)c1. The summed E-state index contributed by atoms with van der Waals surface area (Å²) in [4.78, 5) is 12.3. The minimum Gasteiger partial charge on any atom is -0.496 e. The maximum absolute atomic E-state index is 12.3. The van der Waals surface area contributed by atoms with E-state index in [0.29, 0.717) is 28.2 Å². The molecule has 0 bridgehead atoms. The topological polar surface area (TPSA) is 59.3 Å². The van der Waals surface area contributed by atoms with Crippen LogP contribution in [0.5, 0.6) is 11.5 Å². The summed E-state index contributed by atoms with van der Waals surface area (Å²) < 4.78 is 11.7. The van der Waals surface area contributed by atoms with Crippen LogP contribution >= 0.6 is 15.9 Å². The quantitative estimate of drug-likeness (QED) is 0.222. The van der Waals surface area contributed by atoms with Crippen LogP contribution < -0.4 is 9.47 Å². The summed E-state index contributed by atoms with van der Waals surface area (Å²) in [6.45, 7) is 0. The van der Waals surface area contributed by atoms with Crippen molar-refractivity contribution in [2.24, 2.45) is 0 Å². The number of halogens is 1. The number of ether oxygens (including phenoxy) is 2. The Kier molecular flexibility index (Phi) is 6.25. The first-order chi connectivity index (χ1) is 13.6. The fourth-order valence-corrected chi connectivity index (χ4v) is 2.89. The second kappa shape index (κ2) is 9.03. The number of carbonyl (C=O) groups excluding carboxylic acids is 1. The number of allylic oxidation sites excluding steroid dienone is 1. The molecule has 0 aliphatic heterocycles. The number of methoxy groups -OCH3 is 1. The number of nitriles is 1. The first-order valence-corrected chi connectivity index (χ1v) is 9.23. The molecule has 28 heavy (non-hydrogen) atoms. The van der Waals surface area contributed by atoms with E-state index in [2.05, 4.69) is 22.0 Å². The van der Waals surface area contributed by atoms with Gasteiger partial charge < -0.3 is 9.47 Å². The molecule has 0 fully saturated rings. The van der Waals surface area contributed by atoms with Crippen LogP contribution in [0.25, 0.3) is 11.6 Å². The maximum atomic E-state index is 12.3. The van der Waals surface area contributed by atoms with Crippen LogP contribution in [0.15, 0.2) is 77.3 Å². The van der Waals surface area contributed by atoms with Gasteiger partial charge in [-0.1, -0.05) is 40.2 Å². The summed E-state index contributed by atoms with van der Waals surface area (Å²) in [5, 5.41) is 9.58. The van der Waals surface area contributed by atoms with E-state index in [9.17, 15) is 10.1 Å². The Bertz CT molecular complexity index is 1070. The number of esters is 1. The van der Waals surface area contributed by atoms with Gasteiger partial charge in [-0.15, -0.1) is 0 Å². The summed E-state index contributed by atoms with van der Waals surface area (Å²) in [7, 11) is 1.57. The Morgan fingerprint density at radius 1 is 1.04 bits per heavy atom. The molecule has 0 heterocycles. The Balaban J connectivity index is 1.86. The van der Waals surface area contributed by atoms with E-state index >= 15 is 0 Å². The summed E-state index contributed by atoms with van der Waals surface area (Å²) in [5.74, 6) is 0.575. The minimum atomic E-state index is -0.445. The number of carbonyl (C=O) groups is 1.